The Bertz CT molecular complexity index is 571. The number of nitrogens with one attached hydrogen (secondary N) is 1. The number of rotatable bonds is 4. The van der Waals surface area contributed by atoms with Crippen LogP contribution < -0.4 is 10.1 Å². The third kappa shape index (κ3) is 3.11. The first-order valence-corrected chi connectivity index (χ1v) is 7.51. The summed E-state index contributed by atoms with van der Waals surface area (Å²) in [5.41, 5.74) is 0.922. The van der Waals surface area contributed by atoms with E-state index in [4.69, 9.17) is 16.3 Å². The summed E-state index contributed by atoms with van der Waals surface area (Å²) in [6.07, 6.45) is 0. The van der Waals surface area contributed by atoms with E-state index < -0.39 is 0 Å². The Labute approximate surface area is 128 Å². The lowest BCUT2D eigenvalue weighted by molar-refractivity contribution is 0.385. The number of benzene rings is 1. The number of thiophene rings is 1. The average Bonchev–Trinajstić information content (AvgIpc) is 2.72. The predicted molar refractivity (Wildman–Crippen MR) is 80.9 cm³/mol. The zero-order valence-corrected chi connectivity index (χ0v) is 13.5. The van der Waals surface area contributed by atoms with Crippen molar-refractivity contribution in [1.82, 2.24) is 5.32 Å². The van der Waals surface area contributed by atoms with Crippen molar-refractivity contribution in [3.8, 4) is 5.75 Å². The lowest BCUT2D eigenvalue weighted by Crippen LogP contribution is -2.16. The molecule has 2 nitrogen and oxygen atoms in total. The second-order valence-corrected chi connectivity index (χ2v) is 6.43. The van der Waals surface area contributed by atoms with Gasteiger partial charge in [0.25, 0.3) is 0 Å². The molecule has 1 aromatic carbocycles. The molecule has 0 aliphatic rings. The fraction of sp³-hybridized carbons (Fsp3) is 0.231. The van der Waals surface area contributed by atoms with Crippen LogP contribution in [0.3, 0.4) is 0 Å². The minimum absolute atomic E-state index is 0.0525. The SMILES string of the molecule is CNC(c1ccc(F)c(OC)c1)c1cc(Br)c(Cl)s1. The van der Waals surface area contributed by atoms with Crippen molar-refractivity contribution >= 4 is 38.9 Å². The topological polar surface area (TPSA) is 21.3 Å². The van der Waals surface area contributed by atoms with Gasteiger partial charge in [0, 0.05) is 9.35 Å². The molecule has 2 aromatic rings. The zero-order valence-electron chi connectivity index (χ0n) is 10.3. The summed E-state index contributed by atoms with van der Waals surface area (Å²) in [7, 11) is 3.30. The van der Waals surface area contributed by atoms with E-state index >= 15 is 0 Å². The normalized spacial score (nSPS) is 12.5. The molecule has 0 aliphatic heterocycles. The Morgan fingerprint density at radius 1 is 1.42 bits per heavy atom. The lowest BCUT2D eigenvalue weighted by atomic mass is 10.1. The monoisotopic (exact) mass is 363 g/mol. The first-order valence-electron chi connectivity index (χ1n) is 5.52. The number of hydrogen-bond donors (Lipinski definition) is 1. The molecule has 19 heavy (non-hydrogen) atoms. The Morgan fingerprint density at radius 2 is 2.16 bits per heavy atom. The van der Waals surface area contributed by atoms with Gasteiger partial charge in [-0.3, -0.25) is 0 Å². The van der Waals surface area contributed by atoms with E-state index in [-0.39, 0.29) is 17.6 Å². The van der Waals surface area contributed by atoms with E-state index in [1.165, 1.54) is 24.5 Å². The molecule has 2 rings (SSSR count). The fourth-order valence-electron chi connectivity index (χ4n) is 1.83. The largest absolute Gasteiger partial charge is 0.494 e. The lowest BCUT2D eigenvalue weighted by Gasteiger charge is -2.16. The van der Waals surface area contributed by atoms with E-state index in [0.717, 1.165) is 14.9 Å². The Balaban J connectivity index is 2.41. The highest BCUT2D eigenvalue weighted by Crippen LogP contribution is 2.38. The highest BCUT2D eigenvalue weighted by atomic mass is 79.9. The second kappa shape index (κ2) is 6.22. The molecular formula is C13H12BrClFNOS. The highest BCUT2D eigenvalue weighted by Gasteiger charge is 2.18. The minimum atomic E-state index is -0.369. The molecule has 0 aliphatic carbocycles. The smallest absolute Gasteiger partial charge is 0.165 e. The van der Waals surface area contributed by atoms with Crippen LogP contribution in [0.2, 0.25) is 4.34 Å². The van der Waals surface area contributed by atoms with Gasteiger partial charge in [0.1, 0.15) is 4.34 Å². The number of ether oxygens (including phenoxy) is 1. The maximum atomic E-state index is 13.4. The van der Waals surface area contributed by atoms with Crippen LogP contribution in [0.15, 0.2) is 28.7 Å². The molecule has 0 saturated heterocycles. The minimum Gasteiger partial charge on any atom is -0.494 e. The van der Waals surface area contributed by atoms with Crippen LogP contribution in [0.4, 0.5) is 4.39 Å². The van der Waals surface area contributed by atoms with Crippen molar-refractivity contribution < 1.29 is 9.13 Å². The van der Waals surface area contributed by atoms with Crippen molar-refractivity contribution in [2.24, 2.45) is 0 Å². The second-order valence-electron chi connectivity index (χ2n) is 3.89. The molecule has 0 bridgehead atoms. The van der Waals surface area contributed by atoms with Crippen molar-refractivity contribution in [1.29, 1.82) is 0 Å². The van der Waals surface area contributed by atoms with Crippen molar-refractivity contribution in [3.05, 3.63) is 49.3 Å². The third-order valence-corrected chi connectivity index (χ3v) is 5.29. The fourth-order valence-corrected chi connectivity index (χ4v) is 3.71. The predicted octanol–water partition coefficient (Wildman–Crippen LogP) is 4.62. The van der Waals surface area contributed by atoms with Crippen LogP contribution in [-0.2, 0) is 0 Å². The molecule has 1 N–H and O–H groups in total. The molecule has 1 unspecified atom stereocenters. The van der Waals surface area contributed by atoms with Gasteiger partial charge < -0.3 is 10.1 Å². The maximum Gasteiger partial charge on any atom is 0.165 e. The van der Waals surface area contributed by atoms with Crippen molar-refractivity contribution in [2.75, 3.05) is 14.2 Å². The van der Waals surface area contributed by atoms with Crippen LogP contribution >= 0.6 is 38.9 Å². The van der Waals surface area contributed by atoms with Gasteiger partial charge in [0.05, 0.1) is 13.2 Å². The van der Waals surface area contributed by atoms with Crippen LogP contribution in [0.1, 0.15) is 16.5 Å². The summed E-state index contributed by atoms with van der Waals surface area (Å²) in [6.45, 7) is 0. The Hall–Kier alpha value is -0.620. The summed E-state index contributed by atoms with van der Waals surface area (Å²) in [5.74, 6) is -0.133. The van der Waals surface area contributed by atoms with Crippen LogP contribution in [0, 0.1) is 5.82 Å². The van der Waals surface area contributed by atoms with E-state index in [2.05, 4.69) is 21.2 Å². The van der Waals surface area contributed by atoms with Gasteiger partial charge in [0.2, 0.25) is 0 Å². The third-order valence-electron chi connectivity index (χ3n) is 2.75. The van der Waals surface area contributed by atoms with E-state index in [9.17, 15) is 4.39 Å². The first kappa shape index (κ1) is 14.8. The summed E-state index contributed by atoms with van der Waals surface area (Å²) >= 11 is 10.9. The van der Waals surface area contributed by atoms with Gasteiger partial charge in [-0.25, -0.2) is 4.39 Å². The number of hydrogen-bond acceptors (Lipinski definition) is 3. The van der Waals surface area contributed by atoms with Gasteiger partial charge in [-0.1, -0.05) is 17.7 Å². The van der Waals surface area contributed by atoms with Gasteiger partial charge in [0.15, 0.2) is 11.6 Å². The summed E-state index contributed by atoms with van der Waals surface area (Å²) in [4.78, 5) is 1.05. The Morgan fingerprint density at radius 3 is 2.68 bits per heavy atom. The van der Waals surface area contributed by atoms with Crippen molar-refractivity contribution in [3.63, 3.8) is 0 Å². The maximum absolute atomic E-state index is 13.4. The van der Waals surface area contributed by atoms with Gasteiger partial charge in [-0.15, -0.1) is 11.3 Å². The molecule has 0 radical (unpaired) electrons. The zero-order chi connectivity index (χ0) is 14.0. The van der Waals surface area contributed by atoms with Crippen LogP contribution in [0.25, 0.3) is 0 Å². The molecule has 6 heteroatoms. The van der Waals surface area contributed by atoms with Gasteiger partial charge in [-0.05, 0) is 46.7 Å². The first-order chi connectivity index (χ1) is 9.06. The molecule has 0 fully saturated rings. The summed E-state index contributed by atoms with van der Waals surface area (Å²) < 4.78 is 20.0. The molecule has 102 valence electrons. The van der Waals surface area contributed by atoms with Gasteiger partial charge >= 0.3 is 0 Å². The van der Waals surface area contributed by atoms with E-state index in [0.29, 0.717) is 4.34 Å². The molecule has 0 saturated carbocycles. The van der Waals surface area contributed by atoms with Crippen LogP contribution in [0.5, 0.6) is 5.75 Å². The molecule has 0 amide bonds. The summed E-state index contributed by atoms with van der Waals surface area (Å²) in [6, 6.07) is 6.74. The molecule has 1 atom stereocenters. The number of halogens is 3. The standard InChI is InChI=1S/C13H12BrClFNOS/c1-17-12(11-6-8(14)13(15)19-11)7-3-4-9(16)10(5-7)18-2/h3-6,12,17H,1-2H3. The Kier molecular flexibility index (Phi) is 4.84. The molecular weight excluding hydrogens is 353 g/mol. The van der Waals surface area contributed by atoms with Gasteiger partial charge in [-0.2, -0.15) is 0 Å². The van der Waals surface area contributed by atoms with Crippen molar-refractivity contribution in [2.45, 2.75) is 6.04 Å². The molecule has 0 spiro atoms. The van der Waals surface area contributed by atoms with E-state index in [1.54, 1.807) is 12.1 Å². The summed E-state index contributed by atoms with van der Waals surface area (Å²) in [5, 5.41) is 3.20. The molecule has 1 aromatic heterocycles. The molecule has 1 heterocycles. The number of methoxy groups -OCH3 is 1. The quantitative estimate of drug-likeness (QED) is 0.854. The van der Waals surface area contributed by atoms with E-state index in [1.807, 2.05) is 13.1 Å². The highest BCUT2D eigenvalue weighted by molar-refractivity contribution is 9.10. The average molecular weight is 365 g/mol. The van der Waals surface area contributed by atoms with Crippen LogP contribution in [-0.4, -0.2) is 14.2 Å².